The first-order valence-electron chi connectivity index (χ1n) is 37.8. The zero-order valence-corrected chi connectivity index (χ0v) is 61.7. The Morgan fingerprint density at radius 2 is 1.18 bits per heavy atom. The fourth-order valence-corrected chi connectivity index (χ4v) is 16.4. The molecule has 558 valence electrons. The second kappa shape index (κ2) is 34.4. The standard InChI is InChI=1S/C31H40N6O3.C29H35N5O3.C22H27N5O2/c1-3-29(39)35-13-15-36(16-14-35)30-26-10-12-37(28-18-24(38)17-23-8-4-5-9-25(23)28)20-27(26)32-31(33-30)40-21-22-7-6-11-34(2)19-22;1-4-8-20(3)37-29-30-25-19-34(26-18-22(35)17-21-9-6-7-10-23(21)26)12-11-24(25)28(31-29)33-15-13-32(14-16-33)27(36)5-2;1-2-21(29)25-10-12-26(13-11-25)22-18-8-9-27(14-19(18)23-16-24-22)20(15-28)17-6-4-3-5-7-17/h3-5,8-9,17-18,22,26-27,38H,1,6-7,10-16,19-21H2,2H3;5-7,9-10,17-18,20,35H,2,4,8,11-16,19H2,1,3H3;2-7,16,20,28H,1,8-15H2. The zero-order chi connectivity index (χ0) is 73.8. The molecule has 106 heavy (non-hydrogen) atoms. The summed E-state index contributed by atoms with van der Waals surface area (Å²) in [6.07, 6.45) is 12.7. The van der Waals surface area contributed by atoms with E-state index in [1.54, 1.807) is 12.4 Å². The van der Waals surface area contributed by atoms with E-state index in [1.807, 2.05) is 87.5 Å². The van der Waals surface area contributed by atoms with Crippen molar-refractivity contribution in [1.82, 2.24) is 49.3 Å². The summed E-state index contributed by atoms with van der Waals surface area (Å²) in [5, 5.41) is 35.2. The van der Waals surface area contributed by atoms with Gasteiger partial charge in [0.15, 0.2) is 0 Å². The molecule has 8 aliphatic heterocycles. The van der Waals surface area contributed by atoms with E-state index in [2.05, 4.69) is 109 Å². The monoisotopic (exact) mass is 1440 g/mol. The molecule has 5 atom stereocenters. The number of rotatable bonds is 16. The van der Waals surface area contributed by atoms with Crippen LogP contribution in [0.1, 0.15) is 80.1 Å². The van der Waals surface area contributed by atoms with Gasteiger partial charge in [0, 0.05) is 175 Å². The van der Waals surface area contributed by atoms with Crippen LogP contribution in [0.15, 0.2) is 157 Å². The summed E-state index contributed by atoms with van der Waals surface area (Å²) in [6.45, 7) is 30.8. The molecule has 8 aliphatic rings. The predicted molar refractivity (Wildman–Crippen MR) is 417 cm³/mol. The van der Waals surface area contributed by atoms with Crippen molar-refractivity contribution in [2.75, 3.05) is 158 Å². The predicted octanol–water partition coefficient (Wildman–Crippen LogP) is 8.90. The van der Waals surface area contributed by atoms with Gasteiger partial charge in [-0.1, -0.05) is 112 Å². The summed E-state index contributed by atoms with van der Waals surface area (Å²) < 4.78 is 12.5. The largest absolute Gasteiger partial charge is 0.508 e. The van der Waals surface area contributed by atoms with E-state index >= 15 is 0 Å². The van der Waals surface area contributed by atoms with Crippen LogP contribution in [0.4, 0.5) is 23.0 Å². The number of amides is 3. The number of piperazine rings is 3. The van der Waals surface area contributed by atoms with Crippen LogP contribution in [0, 0.1) is 11.8 Å². The molecule has 7 aromatic rings. The number of aliphatic imine (C=N–C) groups is 2. The summed E-state index contributed by atoms with van der Waals surface area (Å²) in [6, 6.07) is 34.7. The number of hydrogen-bond donors (Lipinski definition) is 3. The SMILES string of the molecule is C=CC(=O)N1CCN(C2=NC(OCC3CCCN(C)C3)=NC3CN(c4cc(O)cc5ccccc45)CCC23)CC1.C=CC(=O)N1CCN(c2nc(OC(C)CCC)nc3c2CCN(c2cc(O)cc4ccccc24)C3)CC1.C=CC(=O)N1CCN(c2ncnc3c2CCN(C(CO)c2ccccc2)C3)CC1. The maximum atomic E-state index is 12.2. The lowest BCUT2D eigenvalue weighted by atomic mass is 9.88. The number of anilines is 4. The molecule has 5 unspecified atom stereocenters. The number of aliphatic hydroxyl groups excluding tert-OH is 1. The van der Waals surface area contributed by atoms with Crippen LogP contribution in [0.25, 0.3) is 21.5 Å². The van der Waals surface area contributed by atoms with Gasteiger partial charge in [0.2, 0.25) is 17.7 Å². The van der Waals surface area contributed by atoms with Crippen molar-refractivity contribution in [1.29, 1.82) is 0 Å². The van der Waals surface area contributed by atoms with E-state index in [4.69, 9.17) is 29.4 Å². The van der Waals surface area contributed by atoms with Gasteiger partial charge in [0.05, 0.1) is 49.3 Å². The first kappa shape index (κ1) is 74.1. The molecule has 3 amide bonds. The van der Waals surface area contributed by atoms with Gasteiger partial charge in [-0.3, -0.25) is 19.3 Å². The first-order chi connectivity index (χ1) is 51.6. The van der Waals surface area contributed by atoms with Crippen LogP contribution in [0.2, 0.25) is 0 Å². The van der Waals surface area contributed by atoms with Gasteiger partial charge in [-0.25, -0.2) is 15.0 Å². The van der Waals surface area contributed by atoms with E-state index in [-0.39, 0.29) is 59.9 Å². The van der Waals surface area contributed by atoms with Crippen molar-refractivity contribution in [3.8, 4) is 17.5 Å². The molecule has 5 fully saturated rings. The van der Waals surface area contributed by atoms with Gasteiger partial charge in [-0.2, -0.15) is 15.0 Å². The molecule has 5 saturated heterocycles. The highest BCUT2D eigenvalue weighted by molar-refractivity contribution is 6.00. The molecule has 0 bridgehead atoms. The number of carbonyl (C=O) groups excluding carboxylic acids is 3. The summed E-state index contributed by atoms with van der Waals surface area (Å²) in [5.74, 6) is 4.08. The highest BCUT2D eigenvalue weighted by Crippen LogP contribution is 2.40. The second-order valence-electron chi connectivity index (χ2n) is 28.9. The molecule has 0 spiro atoms. The number of hydrogen-bond acceptors (Lipinski definition) is 21. The smallest absolute Gasteiger partial charge is 0.318 e. The van der Waals surface area contributed by atoms with E-state index in [1.165, 1.54) is 30.2 Å². The number of likely N-dealkylation sites (tertiary alicyclic amines) is 1. The lowest BCUT2D eigenvalue weighted by Crippen LogP contribution is -2.56. The van der Waals surface area contributed by atoms with Crippen LogP contribution in [0.3, 0.4) is 0 Å². The third kappa shape index (κ3) is 17.2. The number of piperidine rings is 2. The number of ether oxygens (including phenoxy) is 2. The maximum Gasteiger partial charge on any atom is 0.318 e. The molecule has 5 aromatic carbocycles. The third-order valence-electron chi connectivity index (χ3n) is 22.0. The molecular weight excluding hydrogens is 1340 g/mol. The van der Waals surface area contributed by atoms with Crippen LogP contribution in [-0.2, 0) is 45.1 Å². The summed E-state index contributed by atoms with van der Waals surface area (Å²) in [7, 11) is 2.17. The zero-order valence-electron chi connectivity index (χ0n) is 61.7. The number of carbonyl (C=O) groups is 3. The van der Waals surface area contributed by atoms with Gasteiger partial charge in [-0.15, -0.1) is 0 Å². The van der Waals surface area contributed by atoms with Gasteiger partial charge in [0.25, 0.3) is 0 Å². The molecular formula is C82H102N16O8. The Morgan fingerprint density at radius 1 is 0.604 bits per heavy atom. The first-order valence-corrected chi connectivity index (χ1v) is 37.8. The summed E-state index contributed by atoms with van der Waals surface area (Å²) >= 11 is 0. The number of phenolic OH excluding ortho intramolecular Hbond substituents is 2. The molecule has 3 N–H and O–H groups in total. The van der Waals surface area contributed by atoms with E-state index in [0.717, 1.165) is 177 Å². The van der Waals surface area contributed by atoms with E-state index in [9.17, 15) is 29.7 Å². The van der Waals surface area contributed by atoms with Gasteiger partial charge < -0.3 is 68.9 Å². The molecule has 10 heterocycles. The van der Waals surface area contributed by atoms with Crippen molar-refractivity contribution >= 4 is 74.1 Å². The highest BCUT2D eigenvalue weighted by Gasteiger charge is 2.41. The van der Waals surface area contributed by atoms with Crippen molar-refractivity contribution in [3.05, 3.63) is 175 Å². The van der Waals surface area contributed by atoms with Crippen LogP contribution >= 0.6 is 0 Å². The number of amidine groups is 2. The molecule has 24 heteroatoms. The van der Waals surface area contributed by atoms with Crippen LogP contribution in [0.5, 0.6) is 17.5 Å². The minimum Gasteiger partial charge on any atom is -0.508 e. The average molecular weight is 1440 g/mol. The van der Waals surface area contributed by atoms with Gasteiger partial charge >= 0.3 is 12.0 Å². The van der Waals surface area contributed by atoms with Crippen molar-refractivity contribution < 1.29 is 39.2 Å². The third-order valence-corrected chi connectivity index (χ3v) is 22.0. The van der Waals surface area contributed by atoms with Crippen LogP contribution in [-0.4, -0.2) is 244 Å². The van der Waals surface area contributed by atoms with E-state index < -0.39 is 0 Å². The van der Waals surface area contributed by atoms with Gasteiger partial charge in [0.1, 0.15) is 35.3 Å². The number of phenols is 2. The van der Waals surface area contributed by atoms with Gasteiger partial charge in [-0.05, 0) is 106 Å². The number of fused-ring (bicyclic) bond motifs is 5. The Bertz CT molecular complexity index is 4340. The molecule has 15 rings (SSSR count). The van der Waals surface area contributed by atoms with Crippen molar-refractivity contribution in [2.45, 2.75) is 90.1 Å². The number of nitrogens with zero attached hydrogens (tertiary/aromatic N) is 16. The molecule has 0 aliphatic carbocycles. The molecule has 2 aromatic heterocycles. The van der Waals surface area contributed by atoms with Crippen LogP contribution < -0.4 is 24.3 Å². The number of benzene rings is 5. The lowest BCUT2D eigenvalue weighted by Gasteiger charge is -2.44. The number of aromatic hydroxyl groups is 2. The Kier molecular flexibility index (Phi) is 24.0. The normalized spacial score (nSPS) is 20.4. The average Bonchev–Trinajstić information content (AvgIpc) is 0.773. The molecule has 0 radical (unpaired) electrons. The Hall–Kier alpha value is -10.2. The fraction of sp³-hybridized carbons (Fsp3) is 0.451. The Morgan fingerprint density at radius 3 is 1.78 bits per heavy atom. The van der Waals surface area contributed by atoms with Crippen molar-refractivity contribution in [2.24, 2.45) is 21.8 Å². The van der Waals surface area contributed by atoms with E-state index in [0.29, 0.717) is 90.0 Å². The lowest BCUT2D eigenvalue weighted by molar-refractivity contribution is -0.127. The topological polar surface area (TPSA) is 239 Å². The minimum atomic E-state index is -0.0317. The maximum absolute atomic E-state index is 12.2. The summed E-state index contributed by atoms with van der Waals surface area (Å²) in [4.78, 5) is 86.7. The Labute approximate surface area is 622 Å². The molecule has 0 saturated carbocycles. The quantitative estimate of drug-likeness (QED) is 0.0765. The second-order valence-corrected chi connectivity index (χ2v) is 28.9. The summed E-state index contributed by atoms with van der Waals surface area (Å²) in [5.41, 5.74) is 7.47. The Balaban J connectivity index is 0.000000143. The number of aliphatic hydroxyl groups is 1. The fourth-order valence-electron chi connectivity index (χ4n) is 16.4. The highest BCUT2D eigenvalue weighted by atomic mass is 16.5. The minimum absolute atomic E-state index is 0.000715. The van der Waals surface area contributed by atoms with Crippen molar-refractivity contribution in [3.63, 3.8) is 0 Å². The number of aromatic nitrogens is 4. The molecule has 24 nitrogen and oxygen atoms in total.